The van der Waals surface area contributed by atoms with Gasteiger partial charge in [-0.15, -0.1) is 0 Å². The predicted molar refractivity (Wildman–Crippen MR) is 86.5 cm³/mol. The van der Waals surface area contributed by atoms with Crippen LogP contribution in [0.3, 0.4) is 0 Å². The Kier molecular flexibility index (Phi) is 5.82. The fraction of sp³-hybridized carbons (Fsp3) is 0.167. The van der Waals surface area contributed by atoms with E-state index in [2.05, 4.69) is 5.32 Å². The van der Waals surface area contributed by atoms with Crippen LogP contribution in [-0.4, -0.2) is 12.9 Å². The summed E-state index contributed by atoms with van der Waals surface area (Å²) in [6.07, 6.45) is -7.92. The summed E-state index contributed by atoms with van der Waals surface area (Å²) in [5, 5.41) is 2.27. The molecule has 0 bridgehead atoms. The van der Waals surface area contributed by atoms with Crippen LogP contribution in [0.5, 0.6) is 5.75 Å². The minimum Gasteiger partial charge on any atom is -0.497 e. The van der Waals surface area contributed by atoms with Gasteiger partial charge in [0.05, 0.1) is 18.2 Å². The topological polar surface area (TPSA) is 38.3 Å². The predicted octanol–water partition coefficient (Wildman–Crippen LogP) is 5.54. The largest absolute Gasteiger partial charge is 0.497 e. The molecule has 0 heterocycles. The Bertz CT molecular complexity index is 806. The number of anilines is 1. The molecule has 2 rings (SSSR count). The van der Waals surface area contributed by atoms with Gasteiger partial charge in [0.15, 0.2) is 5.78 Å². The molecule has 2 aromatic carbocycles. The molecule has 0 aliphatic carbocycles. The summed E-state index contributed by atoms with van der Waals surface area (Å²) in [4.78, 5) is 12.0. The number of halogens is 6. The van der Waals surface area contributed by atoms with E-state index < -0.39 is 35.0 Å². The monoisotopic (exact) mass is 389 g/mol. The SMILES string of the molecule is COc1ccc(C(=O)/C=C/Nc2cc(C(F)(F)F)cc(C(F)(F)F)c2)cc1. The number of hydrogen-bond donors (Lipinski definition) is 1. The molecular weight excluding hydrogens is 376 g/mol. The average Bonchev–Trinajstić information content (AvgIpc) is 2.60. The zero-order valence-corrected chi connectivity index (χ0v) is 13.8. The van der Waals surface area contributed by atoms with Gasteiger partial charge in [-0.1, -0.05) is 0 Å². The second kappa shape index (κ2) is 7.73. The molecule has 0 spiro atoms. The number of hydrogen-bond acceptors (Lipinski definition) is 3. The second-order valence-electron chi connectivity index (χ2n) is 5.36. The molecule has 3 nitrogen and oxygen atoms in total. The van der Waals surface area contributed by atoms with Gasteiger partial charge in [0.1, 0.15) is 5.75 Å². The normalized spacial score (nSPS) is 12.3. The lowest BCUT2D eigenvalue weighted by Gasteiger charge is -2.14. The smallest absolute Gasteiger partial charge is 0.416 e. The van der Waals surface area contributed by atoms with Crippen molar-refractivity contribution < 1.29 is 35.9 Å². The van der Waals surface area contributed by atoms with E-state index in [4.69, 9.17) is 4.74 Å². The van der Waals surface area contributed by atoms with E-state index in [-0.39, 0.29) is 11.6 Å². The van der Waals surface area contributed by atoms with Crippen molar-refractivity contribution in [1.29, 1.82) is 0 Å². The number of nitrogens with one attached hydrogen (secondary N) is 1. The van der Waals surface area contributed by atoms with E-state index in [1.165, 1.54) is 31.4 Å². The highest BCUT2D eigenvalue weighted by Crippen LogP contribution is 2.37. The first-order valence-corrected chi connectivity index (χ1v) is 7.41. The Hall–Kier alpha value is -2.97. The molecule has 0 atom stereocenters. The maximum Gasteiger partial charge on any atom is 0.416 e. The summed E-state index contributed by atoms with van der Waals surface area (Å²) < 4.78 is 81.7. The zero-order valence-electron chi connectivity index (χ0n) is 13.8. The molecular formula is C18H13F6NO2. The summed E-state index contributed by atoms with van der Waals surface area (Å²) in [6.45, 7) is 0. The molecule has 0 fully saturated rings. The first-order chi connectivity index (χ1) is 12.5. The molecule has 0 aromatic heterocycles. The minimum atomic E-state index is -4.94. The highest BCUT2D eigenvalue weighted by molar-refractivity contribution is 6.04. The van der Waals surface area contributed by atoms with Crippen molar-refractivity contribution in [2.45, 2.75) is 12.4 Å². The van der Waals surface area contributed by atoms with Crippen LogP contribution in [0.1, 0.15) is 21.5 Å². The van der Waals surface area contributed by atoms with Gasteiger partial charge in [0.25, 0.3) is 0 Å². The lowest BCUT2D eigenvalue weighted by atomic mass is 10.1. The average molecular weight is 389 g/mol. The van der Waals surface area contributed by atoms with Crippen LogP contribution < -0.4 is 10.1 Å². The van der Waals surface area contributed by atoms with Gasteiger partial charge in [0.2, 0.25) is 0 Å². The number of alkyl halides is 6. The van der Waals surface area contributed by atoms with Crippen LogP contribution >= 0.6 is 0 Å². The van der Waals surface area contributed by atoms with Crippen molar-refractivity contribution in [2.75, 3.05) is 12.4 Å². The molecule has 27 heavy (non-hydrogen) atoms. The molecule has 0 aliphatic rings. The number of rotatable bonds is 5. The van der Waals surface area contributed by atoms with Gasteiger partial charge < -0.3 is 10.1 Å². The number of allylic oxidation sites excluding steroid dienone is 1. The number of carbonyl (C=O) groups is 1. The third kappa shape index (κ3) is 5.50. The summed E-state index contributed by atoms with van der Waals surface area (Å²) in [5.41, 5.74) is -3.07. The third-order valence-corrected chi connectivity index (χ3v) is 3.45. The molecule has 2 aromatic rings. The van der Waals surface area contributed by atoms with Crippen molar-refractivity contribution >= 4 is 11.5 Å². The quantitative estimate of drug-likeness (QED) is 0.415. The Morgan fingerprint density at radius 1 is 0.926 bits per heavy atom. The fourth-order valence-electron chi connectivity index (χ4n) is 2.10. The van der Waals surface area contributed by atoms with Crippen molar-refractivity contribution in [2.24, 2.45) is 0 Å². The number of methoxy groups -OCH3 is 1. The van der Waals surface area contributed by atoms with E-state index in [1.807, 2.05) is 0 Å². The molecule has 0 saturated heterocycles. The molecule has 0 aliphatic heterocycles. The van der Waals surface area contributed by atoms with Gasteiger partial charge in [0, 0.05) is 23.5 Å². The van der Waals surface area contributed by atoms with Gasteiger partial charge in [-0.25, -0.2) is 0 Å². The maximum absolute atomic E-state index is 12.8. The number of ketones is 1. The van der Waals surface area contributed by atoms with Crippen molar-refractivity contribution in [3.05, 3.63) is 71.4 Å². The molecule has 0 radical (unpaired) electrons. The Labute approximate surface area is 150 Å². The van der Waals surface area contributed by atoms with Crippen molar-refractivity contribution in [3.8, 4) is 5.75 Å². The Morgan fingerprint density at radius 3 is 1.89 bits per heavy atom. The Morgan fingerprint density at radius 2 is 1.44 bits per heavy atom. The van der Waals surface area contributed by atoms with E-state index >= 15 is 0 Å². The molecule has 1 N–H and O–H groups in total. The standard InChI is InChI=1S/C18H13F6NO2/c1-27-15-4-2-11(3-5-15)16(26)6-7-25-14-9-12(17(19,20)21)8-13(10-14)18(22,23)24/h2-10,25H,1H3/b7-6+. The van der Waals surface area contributed by atoms with Gasteiger partial charge in [-0.3, -0.25) is 4.79 Å². The first kappa shape index (κ1) is 20.3. The minimum absolute atomic E-state index is 0.0252. The van der Waals surface area contributed by atoms with E-state index in [1.54, 1.807) is 0 Å². The van der Waals surface area contributed by atoms with Gasteiger partial charge >= 0.3 is 12.4 Å². The van der Waals surface area contributed by atoms with Crippen LogP contribution in [0.25, 0.3) is 0 Å². The van der Waals surface area contributed by atoms with Crippen LogP contribution in [0, 0.1) is 0 Å². The van der Waals surface area contributed by atoms with Crippen LogP contribution in [0.4, 0.5) is 32.0 Å². The summed E-state index contributed by atoms with van der Waals surface area (Å²) in [7, 11) is 1.45. The molecule has 0 unspecified atom stereocenters. The van der Waals surface area contributed by atoms with Crippen molar-refractivity contribution in [3.63, 3.8) is 0 Å². The highest BCUT2D eigenvalue weighted by Gasteiger charge is 2.36. The molecule has 0 amide bonds. The van der Waals surface area contributed by atoms with Gasteiger partial charge in [-0.05, 0) is 42.5 Å². The van der Waals surface area contributed by atoms with Crippen LogP contribution in [-0.2, 0) is 12.4 Å². The first-order valence-electron chi connectivity index (χ1n) is 7.41. The number of ether oxygens (including phenoxy) is 1. The van der Waals surface area contributed by atoms with Gasteiger partial charge in [-0.2, -0.15) is 26.3 Å². The summed E-state index contributed by atoms with van der Waals surface area (Å²) in [5.74, 6) is 0.0328. The zero-order chi connectivity index (χ0) is 20.2. The third-order valence-electron chi connectivity index (χ3n) is 3.45. The molecule has 9 heteroatoms. The van der Waals surface area contributed by atoms with Crippen molar-refractivity contribution in [1.82, 2.24) is 0 Å². The molecule has 0 saturated carbocycles. The fourth-order valence-corrected chi connectivity index (χ4v) is 2.10. The summed E-state index contributed by atoms with van der Waals surface area (Å²) >= 11 is 0. The van der Waals surface area contributed by atoms with E-state index in [0.29, 0.717) is 17.9 Å². The van der Waals surface area contributed by atoms with Crippen LogP contribution in [0.15, 0.2) is 54.7 Å². The highest BCUT2D eigenvalue weighted by atomic mass is 19.4. The van der Waals surface area contributed by atoms with Crippen LogP contribution in [0.2, 0.25) is 0 Å². The Balaban J connectivity index is 2.20. The number of benzene rings is 2. The number of carbonyl (C=O) groups excluding carboxylic acids is 1. The second-order valence-corrected chi connectivity index (χ2v) is 5.36. The lowest BCUT2D eigenvalue weighted by Crippen LogP contribution is -2.11. The van der Waals surface area contributed by atoms with E-state index in [9.17, 15) is 31.1 Å². The molecule has 144 valence electrons. The summed E-state index contributed by atoms with van der Waals surface area (Å²) in [6, 6.07) is 7.09. The maximum atomic E-state index is 12.8. The lowest BCUT2D eigenvalue weighted by molar-refractivity contribution is -0.143. The van der Waals surface area contributed by atoms with E-state index in [0.717, 1.165) is 12.3 Å².